The number of benzene rings is 4. The highest BCUT2D eigenvalue weighted by atomic mass is 79.9. The number of amides is 2. The molecule has 7 nitrogen and oxygen atoms in total. The second-order valence-electron chi connectivity index (χ2n) is 11.4. The zero-order chi connectivity index (χ0) is 31.8. The first-order chi connectivity index (χ1) is 21.7. The van der Waals surface area contributed by atoms with Crippen LogP contribution in [0.15, 0.2) is 119 Å². The summed E-state index contributed by atoms with van der Waals surface area (Å²) in [5.74, 6) is -0.701. The smallest absolute Gasteiger partial charge is 0.264 e. The minimum Gasteiger partial charge on any atom is -0.352 e. The van der Waals surface area contributed by atoms with Crippen molar-refractivity contribution >= 4 is 43.5 Å². The number of carbonyl (C=O) groups is 2. The van der Waals surface area contributed by atoms with E-state index in [0.717, 1.165) is 46.7 Å². The van der Waals surface area contributed by atoms with Gasteiger partial charge in [0.2, 0.25) is 11.8 Å². The zero-order valence-electron chi connectivity index (χ0n) is 25.3. The van der Waals surface area contributed by atoms with Crippen LogP contribution in [0.2, 0.25) is 0 Å². The maximum Gasteiger partial charge on any atom is 0.264 e. The van der Waals surface area contributed by atoms with E-state index in [1.165, 1.54) is 12.1 Å². The molecule has 1 fully saturated rings. The maximum absolute atomic E-state index is 14.6. The Kier molecular flexibility index (Phi) is 10.7. The van der Waals surface area contributed by atoms with Crippen LogP contribution in [0.25, 0.3) is 0 Å². The molecular weight excluding hydrogens is 650 g/mol. The van der Waals surface area contributed by atoms with E-state index in [1.807, 2.05) is 61.5 Å². The SMILES string of the molecule is Cc1ccccc1CN(C(=O)CN(c1cccc(Br)c1)S(=O)(=O)c1ccccc1)[C@H](Cc1ccccc1)C(=O)NC1CCCC1. The third-order valence-corrected chi connectivity index (χ3v) is 10.6. The zero-order valence-corrected chi connectivity index (χ0v) is 27.7. The average Bonchev–Trinajstić information content (AvgIpc) is 3.56. The lowest BCUT2D eigenvalue weighted by atomic mass is 10.0. The fourth-order valence-electron chi connectivity index (χ4n) is 5.77. The standard InChI is InChI=1S/C36H38BrN3O4S/c1-27-13-8-9-16-29(27)25-39(34(23-28-14-4-2-5-15-28)36(42)38-31-18-10-11-19-31)35(41)26-40(32-20-12-17-30(37)24-32)45(43,44)33-21-6-3-7-22-33/h2-9,12-17,20-22,24,31,34H,10-11,18-19,23,25-26H2,1H3,(H,38,42)/t34-/m1/s1. The lowest BCUT2D eigenvalue weighted by molar-refractivity contribution is -0.140. The van der Waals surface area contributed by atoms with Crippen molar-refractivity contribution in [3.8, 4) is 0 Å². The van der Waals surface area contributed by atoms with Gasteiger partial charge < -0.3 is 10.2 Å². The molecule has 0 unspecified atom stereocenters. The molecule has 1 saturated carbocycles. The molecular formula is C36H38BrN3O4S. The lowest BCUT2D eigenvalue weighted by Gasteiger charge is -2.34. The molecule has 4 aromatic rings. The number of rotatable bonds is 12. The first kappa shape index (κ1) is 32.4. The molecule has 1 atom stereocenters. The molecule has 0 aromatic heterocycles. The molecule has 4 aromatic carbocycles. The van der Waals surface area contributed by atoms with E-state index < -0.39 is 28.5 Å². The van der Waals surface area contributed by atoms with Gasteiger partial charge in [0.1, 0.15) is 12.6 Å². The van der Waals surface area contributed by atoms with E-state index in [-0.39, 0.29) is 23.4 Å². The van der Waals surface area contributed by atoms with E-state index in [4.69, 9.17) is 0 Å². The number of carbonyl (C=O) groups excluding carboxylic acids is 2. The van der Waals surface area contributed by atoms with E-state index in [0.29, 0.717) is 16.6 Å². The number of hydrogen-bond donors (Lipinski definition) is 1. The van der Waals surface area contributed by atoms with Crippen LogP contribution in [0.5, 0.6) is 0 Å². The van der Waals surface area contributed by atoms with Crippen LogP contribution >= 0.6 is 15.9 Å². The molecule has 45 heavy (non-hydrogen) atoms. The Hall–Kier alpha value is -3.95. The van der Waals surface area contributed by atoms with Crippen molar-refractivity contribution < 1.29 is 18.0 Å². The predicted molar refractivity (Wildman–Crippen MR) is 181 cm³/mol. The fraction of sp³-hybridized carbons (Fsp3) is 0.278. The van der Waals surface area contributed by atoms with Crippen LogP contribution in [0.3, 0.4) is 0 Å². The van der Waals surface area contributed by atoms with Gasteiger partial charge in [-0.1, -0.05) is 108 Å². The molecule has 2 amide bonds. The summed E-state index contributed by atoms with van der Waals surface area (Å²) in [6.45, 7) is 1.64. The Balaban J connectivity index is 1.57. The molecule has 0 heterocycles. The third-order valence-electron chi connectivity index (χ3n) is 8.28. The molecule has 0 spiro atoms. The minimum absolute atomic E-state index is 0.0582. The molecule has 1 aliphatic carbocycles. The first-order valence-electron chi connectivity index (χ1n) is 15.2. The summed E-state index contributed by atoms with van der Waals surface area (Å²) in [4.78, 5) is 30.3. The van der Waals surface area contributed by atoms with E-state index in [9.17, 15) is 18.0 Å². The second kappa shape index (κ2) is 14.9. The monoisotopic (exact) mass is 687 g/mol. The molecule has 0 bridgehead atoms. The van der Waals surface area contributed by atoms with Crippen LogP contribution in [0.1, 0.15) is 42.4 Å². The van der Waals surface area contributed by atoms with Crippen molar-refractivity contribution in [2.45, 2.75) is 62.6 Å². The lowest BCUT2D eigenvalue weighted by Crippen LogP contribution is -2.54. The van der Waals surface area contributed by atoms with Crippen LogP contribution in [0.4, 0.5) is 5.69 Å². The van der Waals surface area contributed by atoms with E-state index in [1.54, 1.807) is 47.4 Å². The van der Waals surface area contributed by atoms with Gasteiger partial charge in [-0.05, 0) is 66.8 Å². The Labute approximate surface area is 274 Å². The highest BCUT2D eigenvalue weighted by molar-refractivity contribution is 9.10. The number of hydrogen-bond acceptors (Lipinski definition) is 4. The summed E-state index contributed by atoms with van der Waals surface area (Å²) < 4.78 is 30.0. The Bertz CT molecular complexity index is 1710. The summed E-state index contributed by atoms with van der Waals surface area (Å²) in [5, 5.41) is 3.21. The molecule has 0 radical (unpaired) electrons. The largest absolute Gasteiger partial charge is 0.352 e. The molecule has 0 aliphatic heterocycles. The maximum atomic E-state index is 14.6. The Morgan fingerprint density at radius 3 is 2.18 bits per heavy atom. The van der Waals surface area contributed by atoms with Crippen LogP contribution < -0.4 is 9.62 Å². The van der Waals surface area contributed by atoms with E-state index >= 15 is 0 Å². The highest BCUT2D eigenvalue weighted by Crippen LogP contribution is 2.28. The van der Waals surface area contributed by atoms with E-state index in [2.05, 4.69) is 21.2 Å². The van der Waals surface area contributed by atoms with Crippen LogP contribution in [-0.2, 0) is 32.6 Å². The topological polar surface area (TPSA) is 86.8 Å². The third kappa shape index (κ3) is 8.21. The van der Waals surface area contributed by atoms with Gasteiger partial charge in [0, 0.05) is 23.5 Å². The van der Waals surface area contributed by atoms with Gasteiger partial charge in [0.15, 0.2) is 0 Å². The number of nitrogens with one attached hydrogen (secondary N) is 1. The van der Waals surface area contributed by atoms with Gasteiger partial charge in [-0.3, -0.25) is 13.9 Å². The fourth-order valence-corrected chi connectivity index (χ4v) is 7.59. The summed E-state index contributed by atoms with van der Waals surface area (Å²) in [5.41, 5.74) is 3.11. The molecule has 234 valence electrons. The highest BCUT2D eigenvalue weighted by Gasteiger charge is 2.35. The second-order valence-corrected chi connectivity index (χ2v) is 14.2. The Morgan fingerprint density at radius 2 is 1.51 bits per heavy atom. The number of nitrogens with zero attached hydrogens (tertiary/aromatic N) is 2. The number of sulfonamides is 1. The van der Waals surface area contributed by atoms with Crippen LogP contribution in [0, 0.1) is 6.92 Å². The van der Waals surface area contributed by atoms with Gasteiger partial charge >= 0.3 is 0 Å². The van der Waals surface area contributed by atoms with Crippen molar-refractivity contribution in [1.29, 1.82) is 0 Å². The van der Waals surface area contributed by atoms with Gasteiger partial charge in [0.25, 0.3) is 10.0 Å². The summed E-state index contributed by atoms with van der Waals surface area (Å²) in [6.07, 6.45) is 4.21. The molecule has 0 saturated heterocycles. The summed E-state index contributed by atoms with van der Waals surface area (Å²) in [7, 11) is -4.14. The molecule has 5 rings (SSSR count). The van der Waals surface area contributed by atoms with Gasteiger partial charge in [-0.2, -0.15) is 0 Å². The molecule has 9 heteroatoms. The average molecular weight is 689 g/mol. The number of aryl methyl sites for hydroxylation is 1. The van der Waals surface area contributed by atoms with Gasteiger partial charge in [-0.15, -0.1) is 0 Å². The first-order valence-corrected chi connectivity index (χ1v) is 17.5. The Morgan fingerprint density at radius 1 is 0.867 bits per heavy atom. The van der Waals surface area contributed by atoms with Crippen molar-refractivity contribution in [2.24, 2.45) is 0 Å². The van der Waals surface area contributed by atoms with Crippen LogP contribution in [-0.4, -0.2) is 43.8 Å². The normalized spacial score (nSPS) is 14.1. The quantitative estimate of drug-likeness (QED) is 0.181. The van der Waals surface area contributed by atoms with Crippen molar-refractivity contribution in [3.05, 3.63) is 130 Å². The van der Waals surface area contributed by atoms with Crippen molar-refractivity contribution in [3.63, 3.8) is 0 Å². The molecule has 1 N–H and O–H groups in total. The van der Waals surface area contributed by atoms with Crippen molar-refractivity contribution in [1.82, 2.24) is 10.2 Å². The number of anilines is 1. The predicted octanol–water partition coefficient (Wildman–Crippen LogP) is 6.65. The summed E-state index contributed by atoms with van der Waals surface area (Å²) >= 11 is 3.45. The van der Waals surface area contributed by atoms with Crippen molar-refractivity contribution in [2.75, 3.05) is 10.8 Å². The summed E-state index contributed by atoms with van der Waals surface area (Å²) in [6, 6.07) is 31.5. The molecule has 1 aliphatic rings. The van der Waals surface area contributed by atoms with Gasteiger partial charge in [0.05, 0.1) is 10.6 Å². The van der Waals surface area contributed by atoms with Gasteiger partial charge in [-0.25, -0.2) is 8.42 Å². The number of halogens is 1. The minimum atomic E-state index is -4.14.